The van der Waals surface area contributed by atoms with Crippen LogP contribution in [0.15, 0.2) is 71.6 Å². The Bertz CT molecular complexity index is 1960. The highest BCUT2D eigenvalue weighted by Crippen LogP contribution is 2.45. The predicted molar refractivity (Wildman–Crippen MR) is 193 cm³/mol. The van der Waals surface area contributed by atoms with Crippen LogP contribution in [0.25, 0.3) is 11.0 Å². The van der Waals surface area contributed by atoms with E-state index in [1.165, 1.54) is 36.1 Å². The summed E-state index contributed by atoms with van der Waals surface area (Å²) in [6.07, 6.45) is 7.36. The summed E-state index contributed by atoms with van der Waals surface area (Å²) in [5, 5.41) is 5.38. The number of imidazole rings is 1. The molecule has 2 N–H and O–H groups in total. The summed E-state index contributed by atoms with van der Waals surface area (Å²) in [5.74, 6) is 1.75. The summed E-state index contributed by atoms with van der Waals surface area (Å²) in [6, 6.07) is 22.8. The minimum atomic E-state index is -4.06. The van der Waals surface area contributed by atoms with Crippen molar-refractivity contribution >= 4 is 38.6 Å². The minimum absolute atomic E-state index is 0.00622. The predicted octanol–water partition coefficient (Wildman–Crippen LogP) is 6.86. The largest absolute Gasteiger partial charge is 0.491 e. The van der Waals surface area contributed by atoms with E-state index in [4.69, 9.17) is 26.5 Å². The second kappa shape index (κ2) is 13.4. The zero-order valence-corrected chi connectivity index (χ0v) is 30.1. The van der Waals surface area contributed by atoms with Gasteiger partial charge in [-0.25, -0.2) is 18.5 Å². The van der Waals surface area contributed by atoms with Gasteiger partial charge in [0.05, 0.1) is 22.2 Å². The highest BCUT2D eigenvalue weighted by molar-refractivity contribution is 7.89. The molecule has 3 fully saturated rings. The first-order chi connectivity index (χ1) is 23.4. The minimum Gasteiger partial charge on any atom is -0.491 e. The number of para-hydroxylation sites is 2. The van der Waals surface area contributed by atoms with Crippen molar-refractivity contribution < 1.29 is 17.9 Å². The molecule has 4 heterocycles. The topological polar surface area (TPSA) is 111 Å². The number of primary sulfonamides is 1. The zero-order chi connectivity index (χ0) is 34.5. The number of halogens is 1. The van der Waals surface area contributed by atoms with E-state index in [1.54, 1.807) is 6.07 Å². The van der Waals surface area contributed by atoms with Gasteiger partial charge >= 0.3 is 0 Å². The van der Waals surface area contributed by atoms with Crippen LogP contribution >= 0.6 is 11.6 Å². The molecular formula is C38H46ClN5O4S. The quantitative estimate of drug-likeness (QED) is 0.204. The Kier molecular flexibility index (Phi) is 9.28. The Morgan fingerprint density at radius 3 is 2.41 bits per heavy atom. The number of carbonyl (C=O) groups excluding carboxylic acids is 1. The number of amides is 1. The van der Waals surface area contributed by atoms with Crippen LogP contribution in [0.5, 0.6) is 5.75 Å². The Balaban J connectivity index is 1.10. The van der Waals surface area contributed by atoms with Gasteiger partial charge in [0.2, 0.25) is 10.0 Å². The highest BCUT2D eigenvalue weighted by atomic mass is 35.5. The molecule has 3 saturated heterocycles. The van der Waals surface area contributed by atoms with Crippen LogP contribution in [0.2, 0.25) is 5.02 Å². The van der Waals surface area contributed by atoms with E-state index in [1.807, 2.05) is 24.8 Å². The average Bonchev–Trinajstić information content (AvgIpc) is 3.53. The first-order valence-electron chi connectivity index (χ1n) is 17.5. The van der Waals surface area contributed by atoms with Crippen molar-refractivity contribution in [1.29, 1.82) is 0 Å². The van der Waals surface area contributed by atoms with Crippen LogP contribution in [-0.2, 0) is 15.4 Å². The van der Waals surface area contributed by atoms with Crippen LogP contribution in [0.3, 0.4) is 0 Å². The number of nitrogens with two attached hydrogens (primary N) is 1. The molecule has 1 amide bonds. The van der Waals surface area contributed by atoms with Crippen LogP contribution in [-0.4, -0.2) is 71.5 Å². The highest BCUT2D eigenvalue weighted by Gasteiger charge is 2.44. The summed E-state index contributed by atoms with van der Waals surface area (Å²) in [5.41, 5.74) is 3.70. The van der Waals surface area contributed by atoms with Crippen LogP contribution < -0.4 is 9.88 Å². The summed E-state index contributed by atoms with van der Waals surface area (Å²) in [4.78, 5) is 22.9. The molecule has 0 spiro atoms. The number of nitrogens with zero attached hydrogens (tertiary/aromatic N) is 4. The number of aromatic nitrogens is 2. The second-order valence-corrected chi connectivity index (χ2v) is 16.4. The summed E-state index contributed by atoms with van der Waals surface area (Å²) in [6.45, 7) is 8.34. The number of ether oxygens (including phenoxy) is 1. The molecule has 260 valence electrons. The van der Waals surface area contributed by atoms with E-state index in [0.29, 0.717) is 31.2 Å². The molecule has 4 aromatic rings. The number of hydrogen-bond donors (Lipinski definition) is 1. The Morgan fingerprint density at radius 1 is 1.00 bits per heavy atom. The van der Waals surface area contributed by atoms with Crippen molar-refractivity contribution in [2.24, 2.45) is 5.14 Å². The SMILES string of the molecule is Cc1nc2ccccc2n1C1CC2CCC(C1)N2CCC1(c2cccc(OC(C)C)c2)CCN(C(=O)c2ccc(Cl)c(S(N)(=O)=O)c2)CC1. The van der Waals surface area contributed by atoms with E-state index in [-0.39, 0.29) is 32.9 Å². The third-order valence-corrected chi connectivity index (χ3v) is 12.5. The van der Waals surface area contributed by atoms with Gasteiger partial charge in [-0.2, -0.15) is 0 Å². The van der Waals surface area contributed by atoms with Crippen molar-refractivity contribution in [2.75, 3.05) is 19.6 Å². The number of hydrogen-bond acceptors (Lipinski definition) is 6. The molecule has 9 nitrogen and oxygen atoms in total. The first-order valence-corrected chi connectivity index (χ1v) is 19.4. The number of sulfonamides is 1. The van der Waals surface area contributed by atoms with Gasteiger partial charge in [-0.15, -0.1) is 0 Å². The summed E-state index contributed by atoms with van der Waals surface area (Å²) >= 11 is 6.11. The van der Waals surface area contributed by atoms with Crippen molar-refractivity contribution in [3.05, 3.63) is 88.7 Å². The number of piperidine rings is 2. The number of likely N-dealkylation sites (tertiary alicyclic amines) is 1. The standard InChI is InChI=1S/C38H46ClN5O4S/c1-25(2)48-32-8-6-7-28(22-32)38(15-18-42(19-16-38)37(45)27-11-14-33(39)36(21-27)49(40,46)47)17-20-43-29-12-13-30(43)24-31(23-29)44-26(3)41-34-9-4-5-10-35(34)44/h4-11,14,21-22,25,29-31H,12-13,15-20,23-24H2,1-3H3,(H2,40,46,47). The maximum absolute atomic E-state index is 13.7. The number of carbonyl (C=O) groups is 1. The van der Waals surface area contributed by atoms with Crippen LogP contribution in [0.4, 0.5) is 0 Å². The molecule has 7 rings (SSSR count). The van der Waals surface area contributed by atoms with Crippen LogP contribution in [0.1, 0.15) is 86.6 Å². The molecule has 0 aliphatic carbocycles. The molecule has 3 aromatic carbocycles. The van der Waals surface area contributed by atoms with Crippen molar-refractivity contribution in [3.8, 4) is 5.75 Å². The van der Waals surface area contributed by atoms with Gasteiger partial charge in [0.25, 0.3) is 5.91 Å². The van der Waals surface area contributed by atoms with E-state index in [2.05, 4.69) is 58.9 Å². The zero-order valence-electron chi connectivity index (χ0n) is 28.5. The van der Waals surface area contributed by atoms with E-state index < -0.39 is 10.0 Å². The summed E-state index contributed by atoms with van der Waals surface area (Å²) in [7, 11) is -4.06. The van der Waals surface area contributed by atoms with E-state index >= 15 is 0 Å². The lowest BCUT2D eigenvalue weighted by atomic mass is 9.70. The number of benzene rings is 3. The molecule has 2 bridgehead atoms. The fourth-order valence-electron chi connectivity index (χ4n) is 8.82. The smallest absolute Gasteiger partial charge is 0.253 e. The number of rotatable bonds is 9. The third-order valence-electron chi connectivity index (χ3n) is 11.2. The molecule has 1 aromatic heterocycles. The van der Waals surface area contributed by atoms with Gasteiger partial charge in [0.15, 0.2) is 0 Å². The van der Waals surface area contributed by atoms with Crippen LogP contribution in [0, 0.1) is 6.92 Å². The lowest BCUT2D eigenvalue weighted by Gasteiger charge is -2.46. The molecule has 11 heteroatoms. The van der Waals surface area contributed by atoms with E-state index in [9.17, 15) is 13.2 Å². The number of fused-ring (bicyclic) bond motifs is 3. The van der Waals surface area contributed by atoms with Gasteiger partial charge in [-0.1, -0.05) is 35.9 Å². The Hall–Kier alpha value is -3.44. The van der Waals surface area contributed by atoms with Gasteiger partial charge in [-0.05, 0) is 120 Å². The molecule has 2 unspecified atom stereocenters. The molecule has 2 atom stereocenters. The monoisotopic (exact) mass is 703 g/mol. The molecule has 3 aliphatic heterocycles. The Labute approximate surface area is 294 Å². The van der Waals surface area contributed by atoms with Gasteiger partial charge < -0.3 is 14.2 Å². The lowest BCUT2D eigenvalue weighted by Crippen LogP contribution is -2.49. The lowest BCUT2D eigenvalue weighted by molar-refractivity contribution is 0.0606. The maximum atomic E-state index is 13.7. The maximum Gasteiger partial charge on any atom is 0.253 e. The molecule has 3 aliphatic rings. The Morgan fingerprint density at radius 2 is 1.71 bits per heavy atom. The average molecular weight is 704 g/mol. The van der Waals surface area contributed by atoms with Crippen molar-refractivity contribution in [2.45, 2.75) is 100 Å². The fourth-order valence-corrected chi connectivity index (χ4v) is 9.89. The molecule has 0 saturated carbocycles. The van der Waals surface area contributed by atoms with Crippen molar-refractivity contribution in [3.63, 3.8) is 0 Å². The normalized spacial score (nSPS) is 22.6. The van der Waals surface area contributed by atoms with Gasteiger partial charge in [0, 0.05) is 42.2 Å². The molecular weight excluding hydrogens is 658 g/mol. The third kappa shape index (κ3) is 6.72. The molecule has 49 heavy (non-hydrogen) atoms. The number of aryl methyl sites for hydroxylation is 1. The van der Waals surface area contributed by atoms with Crippen molar-refractivity contribution in [1.82, 2.24) is 19.4 Å². The second-order valence-electron chi connectivity index (χ2n) is 14.5. The van der Waals surface area contributed by atoms with E-state index in [0.717, 1.165) is 55.7 Å². The summed E-state index contributed by atoms with van der Waals surface area (Å²) < 4.78 is 32.8. The van der Waals surface area contributed by atoms with Gasteiger partial charge in [-0.3, -0.25) is 9.69 Å². The molecule has 0 radical (unpaired) electrons. The van der Waals surface area contributed by atoms with Gasteiger partial charge in [0.1, 0.15) is 16.5 Å². The first kappa shape index (κ1) is 34.0. The fraction of sp³-hybridized carbons (Fsp3) is 0.474.